The smallest absolute Gasteiger partial charge is 0.317 e. The van der Waals surface area contributed by atoms with Crippen LogP contribution in [0.5, 0.6) is 17.2 Å². The zero-order valence-electron chi connectivity index (χ0n) is 14.5. The molecule has 0 atom stereocenters. The first-order chi connectivity index (χ1) is 12.5. The number of hydrogen-bond acceptors (Lipinski definition) is 4. The van der Waals surface area contributed by atoms with Crippen LogP contribution >= 0.6 is 23.2 Å². The molecule has 0 aromatic heterocycles. The molecule has 0 radical (unpaired) electrons. The van der Waals surface area contributed by atoms with Crippen molar-refractivity contribution in [3.63, 3.8) is 0 Å². The molecule has 0 saturated carbocycles. The highest BCUT2D eigenvalue weighted by Gasteiger charge is 2.06. The Morgan fingerprint density at radius 3 is 2.38 bits per heavy atom. The van der Waals surface area contributed by atoms with Crippen LogP contribution in [0.25, 0.3) is 0 Å². The first-order valence-electron chi connectivity index (χ1n) is 7.84. The number of urea groups is 1. The van der Waals surface area contributed by atoms with Crippen LogP contribution in [0.1, 0.15) is 5.56 Å². The molecule has 0 spiro atoms. The average Bonchev–Trinajstić information content (AvgIpc) is 2.63. The summed E-state index contributed by atoms with van der Waals surface area (Å²) in [4.78, 5) is 11.8. The molecular weight excluding hydrogens is 379 g/mol. The van der Waals surface area contributed by atoms with E-state index in [1.165, 1.54) is 0 Å². The van der Waals surface area contributed by atoms with Crippen LogP contribution in [-0.2, 0) is 6.42 Å². The van der Waals surface area contributed by atoms with Gasteiger partial charge in [0.2, 0.25) is 0 Å². The molecule has 8 heteroatoms. The van der Waals surface area contributed by atoms with Gasteiger partial charge < -0.3 is 24.8 Å². The van der Waals surface area contributed by atoms with E-state index in [1.807, 2.05) is 18.2 Å². The summed E-state index contributed by atoms with van der Waals surface area (Å²) in [6, 6.07) is 10.2. The van der Waals surface area contributed by atoms with Gasteiger partial charge >= 0.3 is 6.03 Å². The van der Waals surface area contributed by atoms with Crippen molar-refractivity contribution in [1.82, 2.24) is 10.6 Å². The van der Waals surface area contributed by atoms with Crippen molar-refractivity contribution in [3.05, 3.63) is 52.0 Å². The molecule has 2 N–H and O–H groups in total. The molecule has 6 nitrogen and oxygen atoms in total. The summed E-state index contributed by atoms with van der Waals surface area (Å²) >= 11 is 11.8. The fourth-order valence-corrected chi connectivity index (χ4v) is 2.65. The van der Waals surface area contributed by atoms with E-state index < -0.39 is 0 Å². The van der Waals surface area contributed by atoms with Crippen molar-refractivity contribution < 1.29 is 19.0 Å². The summed E-state index contributed by atoms with van der Waals surface area (Å²) in [6.07, 6.45) is 0.650. The average molecular weight is 399 g/mol. The molecule has 2 aromatic rings. The number of carbonyl (C=O) groups excluding carboxylic acids is 1. The Balaban J connectivity index is 1.72. The zero-order valence-corrected chi connectivity index (χ0v) is 16.0. The van der Waals surface area contributed by atoms with Crippen molar-refractivity contribution in [2.75, 3.05) is 27.5 Å². The first kappa shape index (κ1) is 20.0. The zero-order chi connectivity index (χ0) is 18.9. The van der Waals surface area contributed by atoms with E-state index in [2.05, 4.69) is 10.6 Å². The highest BCUT2D eigenvalue weighted by Crippen LogP contribution is 2.28. The molecule has 2 amide bonds. The van der Waals surface area contributed by atoms with Gasteiger partial charge in [-0.25, -0.2) is 4.79 Å². The Bertz CT molecular complexity index is 756. The normalized spacial score (nSPS) is 10.2. The molecule has 0 fully saturated rings. The van der Waals surface area contributed by atoms with E-state index in [0.29, 0.717) is 40.3 Å². The van der Waals surface area contributed by atoms with Gasteiger partial charge in [-0.05, 0) is 42.3 Å². The van der Waals surface area contributed by atoms with Gasteiger partial charge in [0.25, 0.3) is 0 Å². The molecule has 0 aliphatic rings. The molecule has 2 rings (SSSR count). The molecule has 0 heterocycles. The van der Waals surface area contributed by atoms with E-state index in [-0.39, 0.29) is 12.8 Å². The van der Waals surface area contributed by atoms with Crippen LogP contribution in [0.4, 0.5) is 4.79 Å². The lowest BCUT2D eigenvalue weighted by atomic mass is 10.1. The standard InChI is InChI=1S/C18H20Cl2N2O4/c1-24-16-5-3-12(9-17(16)25-2)7-8-21-18(23)22-11-26-15-6-4-13(19)10-14(15)20/h3-6,9-10H,7-8,11H2,1-2H3,(H2,21,22,23). The van der Waals surface area contributed by atoms with Crippen LogP contribution in [0.3, 0.4) is 0 Å². The fraction of sp³-hybridized carbons (Fsp3) is 0.278. The summed E-state index contributed by atoms with van der Waals surface area (Å²) in [5, 5.41) is 6.24. The van der Waals surface area contributed by atoms with Gasteiger partial charge in [0.1, 0.15) is 5.75 Å². The number of rotatable bonds is 8. The molecule has 26 heavy (non-hydrogen) atoms. The minimum atomic E-state index is -0.337. The second kappa shape index (κ2) is 9.99. The van der Waals surface area contributed by atoms with Gasteiger partial charge in [0.05, 0.1) is 19.2 Å². The summed E-state index contributed by atoms with van der Waals surface area (Å²) in [5.74, 6) is 1.77. The second-order valence-corrected chi connectivity index (χ2v) is 6.08. The Morgan fingerprint density at radius 2 is 1.69 bits per heavy atom. The van der Waals surface area contributed by atoms with E-state index in [1.54, 1.807) is 32.4 Å². The van der Waals surface area contributed by atoms with Crippen molar-refractivity contribution in [2.24, 2.45) is 0 Å². The van der Waals surface area contributed by atoms with Crippen molar-refractivity contribution in [3.8, 4) is 17.2 Å². The van der Waals surface area contributed by atoms with Gasteiger partial charge in [-0.15, -0.1) is 0 Å². The number of benzene rings is 2. The minimum absolute atomic E-state index is 0.0104. The largest absolute Gasteiger partial charge is 0.493 e. The van der Waals surface area contributed by atoms with E-state index >= 15 is 0 Å². The SMILES string of the molecule is COc1ccc(CCNC(=O)NCOc2ccc(Cl)cc2Cl)cc1OC. The van der Waals surface area contributed by atoms with Crippen molar-refractivity contribution in [1.29, 1.82) is 0 Å². The predicted octanol–water partition coefficient (Wildman–Crippen LogP) is 3.89. The number of halogens is 2. The highest BCUT2D eigenvalue weighted by atomic mass is 35.5. The molecule has 0 aliphatic heterocycles. The second-order valence-electron chi connectivity index (χ2n) is 5.24. The van der Waals surface area contributed by atoms with Gasteiger partial charge in [-0.3, -0.25) is 0 Å². The number of amides is 2. The lowest BCUT2D eigenvalue weighted by Crippen LogP contribution is -2.38. The van der Waals surface area contributed by atoms with Gasteiger partial charge in [-0.1, -0.05) is 29.3 Å². The third kappa shape index (κ3) is 5.89. The van der Waals surface area contributed by atoms with Gasteiger partial charge in [-0.2, -0.15) is 0 Å². The van der Waals surface area contributed by atoms with Crippen LogP contribution in [0.2, 0.25) is 10.0 Å². The fourth-order valence-electron chi connectivity index (χ4n) is 2.19. The molecule has 0 aliphatic carbocycles. The monoisotopic (exact) mass is 398 g/mol. The number of methoxy groups -OCH3 is 2. The van der Waals surface area contributed by atoms with Crippen molar-refractivity contribution >= 4 is 29.2 Å². The minimum Gasteiger partial charge on any atom is -0.493 e. The maximum absolute atomic E-state index is 11.8. The van der Waals surface area contributed by atoms with Gasteiger partial charge in [0.15, 0.2) is 18.2 Å². The lowest BCUT2D eigenvalue weighted by molar-refractivity contribution is 0.224. The topological polar surface area (TPSA) is 68.8 Å². The number of hydrogen-bond donors (Lipinski definition) is 2. The Labute approximate surface area is 162 Å². The molecule has 2 aromatic carbocycles. The van der Waals surface area contributed by atoms with Crippen LogP contribution < -0.4 is 24.8 Å². The molecular formula is C18H20Cl2N2O4. The first-order valence-corrected chi connectivity index (χ1v) is 8.59. The summed E-state index contributed by atoms with van der Waals surface area (Å²) in [6.45, 7) is 0.451. The van der Waals surface area contributed by atoms with Gasteiger partial charge in [0, 0.05) is 11.6 Å². The van der Waals surface area contributed by atoms with Crippen LogP contribution in [0, 0.1) is 0 Å². The molecule has 0 unspecified atom stereocenters. The third-order valence-electron chi connectivity index (χ3n) is 3.50. The maximum atomic E-state index is 11.8. The predicted molar refractivity (Wildman–Crippen MR) is 102 cm³/mol. The van der Waals surface area contributed by atoms with Crippen LogP contribution in [0.15, 0.2) is 36.4 Å². The molecule has 0 bridgehead atoms. The maximum Gasteiger partial charge on any atom is 0.317 e. The van der Waals surface area contributed by atoms with Crippen molar-refractivity contribution in [2.45, 2.75) is 6.42 Å². The van der Waals surface area contributed by atoms with E-state index in [4.69, 9.17) is 37.4 Å². The Hall–Kier alpha value is -2.31. The lowest BCUT2D eigenvalue weighted by Gasteiger charge is -2.11. The summed E-state index contributed by atoms with van der Waals surface area (Å²) in [5.41, 5.74) is 1.02. The quantitative estimate of drug-likeness (QED) is 0.661. The highest BCUT2D eigenvalue weighted by molar-refractivity contribution is 6.35. The Morgan fingerprint density at radius 1 is 0.962 bits per heavy atom. The molecule has 140 valence electrons. The van der Waals surface area contributed by atoms with E-state index in [9.17, 15) is 4.79 Å². The number of carbonyl (C=O) groups is 1. The molecule has 0 saturated heterocycles. The summed E-state index contributed by atoms with van der Waals surface area (Å²) in [7, 11) is 3.17. The number of nitrogens with one attached hydrogen (secondary N) is 2. The third-order valence-corrected chi connectivity index (χ3v) is 4.03. The van der Waals surface area contributed by atoms with E-state index in [0.717, 1.165) is 5.56 Å². The Kier molecular flexibility index (Phi) is 7.69. The van der Waals surface area contributed by atoms with Crippen LogP contribution in [-0.4, -0.2) is 33.5 Å². The summed E-state index contributed by atoms with van der Waals surface area (Å²) < 4.78 is 15.8. The number of ether oxygens (including phenoxy) is 3.